The first kappa shape index (κ1) is 18.5. The normalized spacial score (nSPS) is 12.5. The number of rotatable bonds is 5. The quantitative estimate of drug-likeness (QED) is 0.496. The number of benzene rings is 1. The molecule has 0 aliphatic carbocycles. The van der Waals surface area contributed by atoms with Gasteiger partial charge in [0, 0.05) is 24.4 Å². The average Bonchev–Trinajstić information content (AvgIpc) is 2.98. The first-order valence-corrected chi connectivity index (χ1v) is 9.29. The number of fused-ring (bicyclic) bond motifs is 1. The smallest absolute Gasteiger partial charge is 0.309 e. The van der Waals surface area contributed by atoms with Crippen molar-refractivity contribution in [3.63, 3.8) is 0 Å². The van der Waals surface area contributed by atoms with Gasteiger partial charge < -0.3 is 4.57 Å². The molecule has 3 rings (SSSR count). The van der Waals surface area contributed by atoms with Gasteiger partial charge in [0.15, 0.2) is 16.3 Å². The largest absolute Gasteiger partial charge is 0.332 e. The summed E-state index contributed by atoms with van der Waals surface area (Å²) in [6.07, 6.45) is 1.81. The van der Waals surface area contributed by atoms with Crippen LogP contribution in [0.2, 0.25) is 5.02 Å². The van der Waals surface area contributed by atoms with Crippen LogP contribution in [0.3, 0.4) is 0 Å². The summed E-state index contributed by atoms with van der Waals surface area (Å²) in [5.74, 6) is 0. The van der Waals surface area contributed by atoms with E-state index in [1.807, 2.05) is 35.8 Å². The lowest BCUT2D eigenvalue weighted by Crippen LogP contribution is -2.37. The molecule has 0 aliphatic rings. The highest BCUT2D eigenvalue weighted by Crippen LogP contribution is 2.28. The zero-order valence-corrected chi connectivity index (χ0v) is 16.3. The fourth-order valence-corrected chi connectivity index (χ4v) is 3.72. The number of halogens is 1. The molecule has 1 aromatic carbocycles. The number of hydrogen-bond acceptors (Lipinski definition) is 4. The van der Waals surface area contributed by atoms with E-state index < -0.39 is 5.69 Å². The molecule has 0 radical (unpaired) electrons. The second-order valence-corrected chi connectivity index (χ2v) is 7.76. The van der Waals surface area contributed by atoms with Crippen molar-refractivity contribution in [3.8, 4) is 0 Å². The van der Waals surface area contributed by atoms with Gasteiger partial charge in [-0.1, -0.05) is 47.6 Å². The first-order valence-electron chi connectivity index (χ1n) is 8.04. The van der Waals surface area contributed by atoms with Crippen molar-refractivity contribution in [3.05, 3.63) is 68.3 Å². The third-order valence-electron chi connectivity index (χ3n) is 4.22. The topological polar surface area (TPSA) is 61.8 Å². The summed E-state index contributed by atoms with van der Waals surface area (Å²) in [6.45, 7) is 6.18. The SMILES string of the molecule is C=C[C@@H](C)Sc1nc2c(c(=O)n(C)c(=O)n2C)n1Cc1ccccc1Cl. The highest BCUT2D eigenvalue weighted by Gasteiger charge is 2.21. The van der Waals surface area contributed by atoms with Crippen molar-refractivity contribution >= 4 is 34.5 Å². The Bertz CT molecular complexity index is 1110. The number of aryl methyl sites for hydroxylation is 1. The van der Waals surface area contributed by atoms with Crippen molar-refractivity contribution in [2.24, 2.45) is 14.1 Å². The van der Waals surface area contributed by atoms with Gasteiger partial charge in [-0.3, -0.25) is 13.9 Å². The standard InChI is InChI=1S/C18H19ClN4O2S/c1-5-11(2)26-17-20-15-14(16(24)22(4)18(25)21(15)3)23(17)10-12-8-6-7-9-13(12)19/h5-9,11H,1,10H2,2-4H3/t11-/m1/s1. The van der Waals surface area contributed by atoms with Crippen LogP contribution in [-0.2, 0) is 20.6 Å². The molecule has 0 unspecified atom stereocenters. The van der Waals surface area contributed by atoms with E-state index in [1.165, 1.54) is 23.4 Å². The van der Waals surface area contributed by atoms with Gasteiger partial charge in [0.1, 0.15) is 0 Å². The molecule has 1 atom stereocenters. The van der Waals surface area contributed by atoms with Crippen LogP contribution in [0.5, 0.6) is 0 Å². The Morgan fingerprint density at radius 3 is 2.62 bits per heavy atom. The zero-order valence-electron chi connectivity index (χ0n) is 14.8. The van der Waals surface area contributed by atoms with E-state index in [0.29, 0.717) is 27.9 Å². The van der Waals surface area contributed by atoms with Crippen LogP contribution in [0.4, 0.5) is 0 Å². The second kappa shape index (κ2) is 7.17. The van der Waals surface area contributed by atoms with Crippen LogP contribution in [-0.4, -0.2) is 23.9 Å². The first-order chi connectivity index (χ1) is 12.3. The Morgan fingerprint density at radius 2 is 1.96 bits per heavy atom. The fourth-order valence-electron chi connectivity index (χ4n) is 2.67. The van der Waals surface area contributed by atoms with Crippen LogP contribution in [0.25, 0.3) is 11.2 Å². The summed E-state index contributed by atoms with van der Waals surface area (Å²) in [7, 11) is 3.08. The Balaban J connectivity index is 2.31. The van der Waals surface area contributed by atoms with Crippen molar-refractivity contribution in [1.29, 1.82) is 0 Å². The molecule has 0 fully saturated rings. The molecule has 6 nitrogen and oxygen atoms in total. The minimum absolute atomic E-state index is 0.0951. The van der Waals surface area contributed by atoms with E-state index >= 15 is 0 Å². The van der Waals surface area contributed by atoms with E-state index in [-0.39, 0.29) is 10.8 Å². The molecular weight excluding hydrogens is 372 g/mol. The van der Waals surface area contributed by atoms with Gasteiger partial charge in [-0.05, 0) is 18.6 Å². The molecule has 0 aliphatic heterocycles. The molecule has 0 N–H and O–H groups in total. The molecule has 0 bridgehead atoms. The molecule has 0 saturated carbocycles. The molecule has 0 amide bonds. The van der Waals surface area contributed by atoms with Crippen LogP contribution in [0.15, 0.2) is 51.7 Å². The van der Waals surface area contributed by atoms with E-state index in [1.54, 1.807) is 13.1 Å². The highest BCUT2D eigenvalue weighted by atomic mass is 35.5. The fraction of sp³-hybridized carbons (Fsp3) is 0.278. The number of imidazole rings is 1. The van der Waals surface area contributed by atoms with Gasteiger partial charge in [-0.25, -0.2) is 9.78 Å². The molecule has 2 heterocycles. The van der Waals surface area contributed by atoms with Crippen LogP contribution >= 0.6 is 23.4 Å². The monoisotopic (exact) mass is 390 g/mol. The van der Waals surface area contributed by atoms with Crippen molar-refractivity contribution in [2.75, 3.05) is 0 Å². The van der Waals surface area contributed by atoms with Gasteiger partial charge in [0.25, 0.3) is 5.56 Å². The number of hydrogen-bond donors (Lipinski definition) is 0. The lowest BCUT2D eigenvalue weighted by atomic mass is 10.2. The van der Waals surface area contributed by atoms with Crippen LogP contribution in [0, 0.1) is 0 Å². The Labute approximate surface area is 159 Å². The van der Waals surface area contributed by atoms with Crippen LogP contribution < -0.4 is 11.2 Å². The third kappa shape index (κ3) is 3.12. The zero-order chi connectivity index (χ0) is 19.0. The Kier molecular flexibility index (Phi) is 5.11. The Morgan fingerprint density at radius 1 is 1.27 bits per heavy atom. The molecule has 0 spiro atoms. The molecule has 26 heavy (non-hydrogen) atoms. The molecular formula is C18H19ClN4O2S. The van der Waals surface area contributed by atoms with E-state index in [0.717, 1.165) is 10.1 Å². The molecule has 0 saturated heterocycles. The highest BCUT2D eigenvalue weighted by molar-refractivity contribution is 7.99. The van der Waals surface area contributed by atoms with Crippen molar-refractivity contribution in [2.45, 2.75) is 23.9 Å². The van der Waals surface area contributed by atoms with Gasteiger partial charge in [-0.2, -0.15) is 0 Å². The number of thioether (sulfide) groups is 1. The summed E-state index contributed by atoms with van der Waals surface area (Å²) >= 11 is 7.79. The third-order valence-corrected chi connectivity index (χ3v) is 5.68. The van der Waals surface area contributed by atoms with E-state index in [9.17, 15) is 9.59 Å². The molecule has 3 aromatic rings. The minimum Gasteiger partial charge on any atom is -0.309 e. The molecule has 2 aromatic heterocycles. The van der Waals surface area contributed by atoms with Gasteiger partial charge >= 0.3 is 5.69 Å². The van der Waals surface area contributed by atoms with Crippen molar-refractivity contribution < 1.29 is 0 Å². The summed E-state index contributed by atoms with van der Waals surface area (Å²) < 4.78 is 4.31. The Hall–Kier alpha value is -2.25. The van der Waals surface area contributed by atoms with E-state index in [2.05, 4.69) is 11.6 Å². The lowest BCUT2D eigenvalue weighted by molar-refractivity contribution is 0.696. The lowest BCUT2D eigenvalue weighted by Gasteiger charge is -2.12. The van der Waals surface area contributed by atoms with Gasteiger partial charge in [0.05, 0.1) is 6.54 Å². The van der Waals surface area contributed by atoms with Crippen molar-refractivity contribution in [1.82, 2.24) is 18.7 Å². The van der Waals surface area contributed by atoms with Gasteiger partial charge in [0.2, 0.25) is 0 Å². The maximum Gasteiger partial charge on any atom is 0.332 e. The summed E-state index contributed by atoms with van der Waals surface area (Å²) in [5, 5.41) is 1.35. The van der Waals surface area contributed by atoms with E-state index in [4.69, 9.17) is 11.6 Å². The minimum atomic E-state index is -0.404. The van der Waals surface area contributed by atoms with Crippen LogP contribution in [0.1, 0.15) is 12.5 Å². The second-order valence-electron chi connectivity index (χ2n) is 6.01. The summed E-state index contributed by atoms with van der Waals surface area (Å²) in [5.41, 5.74) is 0.841. The predicted molar refractivity (Wildman–Crippen MR) is 106 cm³/mol. The number of aromatic nitrogens is 4. The molecule has 8 heteroatoms. The maximum absolute atomic E-state index is 12.8. The predicted octanol–water partition coefficient (Wildman–Crippen LogP) is 2.80. The average molecular weight is 391 g/mol. The molecule has 136 valence electrons. The summed E-state index contributed by atoms with van der Waals surface area (Å²) in [6, 6.07) is 7.47. The summed E-state index contributed by atoms with van der Waals surface area (Å²) in [4.78, 5) is 29.6. The number of nitrogens with zero attached hydrogens (tertiary/aromatic N) is 4. The van der Waals surface area contributed by atoms with Gasteiger partial charge in [-0.15, -0.1) is 6.58 Å². The maximum atomic E-state index is 12.8.